The monoisotopic (exact) mass is 251 g/mol. The van der Waals surface area contributed by atoms with Gasteiger partial charge in [-0.05, 0) is 25.1 Å². The van der Waals surface area contributed by atoms with Crippen molar-refractivity contribution in [2.45, 2.75) is 6.92 Å². The first-order chi connectivity index (χ1) is 9.22. The number of nitrogens with one attached hydrogen (secondary N) is 1. The van der Waals surface area contributed by atoms with Gasteiger partial charge in [0.25, 0.3) is 0 Å². The van der Waals surface area contributed by atoms with Gasteiger partial charge in [0.05, 0.1) is 23.1 Å². The summed E-state index contributed by atoms with van der Waals surface area (Å²) >= 11 is 0. The number of nitrogens with two attached hydrogens (primary N) is 1. The number of pyridine rings is 1. The summed E-state index contributed by atoms with van der Waals surface area (Å²) in [4.78, 5) is 13.1. The zero-order valence-electron chi connectivity index (χ0n) is 10.5. The van der Waals surface area contributed by atoms with E-state index in [2.05, 4.69) is 20.3 Å². The van der Waals surface area contributed by atoms with E-state index in [4.69, 9.17) is 5.73 Å². The third-order valence-electron chi connectivity index (χ3n) is 2.82. The average molecular weight is 251 g/mol. The summed E-state index contributed by atoms with van der Waals surface area (Å²) in [5.74, 6) is 1.21. The van der Waals surface area contributed by atoms with Gasteiger partial charge in [-0.3, -0.25) is 0 Å². The molecule has 5 nitrogen and oxygen atoms in total. The third kappa shape index (κ3) is 2.30. The molecular formula is C14H13N5. The van der Waals surface area contributed by atoms with Crippen LogP contribution in [0.2, 0.25) is 0 Å². The van der Waals surface area contributed by atoms with Crippen molar-refractivity contribution in [1.82, 2.24) is 15.0 Å². The molecule has 0 unspecified atom stereocenters. The van der Waals surface area contributed by atoms with E-state index in [1.54, 1.807) is 18.3 Å². The maximum Gasteiger partial charge on any atom is 0.229 e. The van der Waals surface area contributed by atoms with Gasteiger partial charge in [-0.1, -0.05) is 18.2 Å². The van der Waals surface area contributed by atoms with Crippen molar-refractivity contribution < 1.29 is 0 Å². The average Bonchev–Trinajstić information content (AvgIpc) is 2.42. The quantitative estimate of drug-likeness (QED) is 0.732. The van der Waals surface area contributed by atoms with Crippen LogP contribution >= 0.6 is 0 Å². The molecule has 19 heavy (non-hydrogen) atoms. The SMILES string of the molecule is Cc1nc(Nc2ccc(N)cn2)nc2ccccc12. The second-order valence-electron chi connectivity index (χ2n) is 4.25. The fourth-order valence-corrected chi connectivity index (χ4v) is 1.88. The van der Waals surface area contributed by atoms with Gasteiger partial charge >= 0.3 is 0 Å². The van der Waals surface area contributed by atoms with Crippen molar-refractivity contribution in [3.8, 4) is 0 Å². The number of nitrogens with zero attached hydrogens (tertiary/aromatic N) is 3. The number of nitrogen functional groups attached to an aromatic ring is 1. The molecule has 0 spiro atoms. The number of rotatable bonds is 2. The summed E-state index contributed by atoms with van der Waals surface area (Å²) in [6.45, 7) is 1.96. The van der Waals surface area contributed by atoms with Crippen LogP contribution in [-0.4, -0.2) is 15.0 Å². The Morgan fingerprint density at radius 2 is 1.89 bits per heavy atom. The zero-order chi connectivity index (χ0) is 13.2. The maximum atomic E-state index is 5.60. The Kier molecular flexibility index (Phi) is 2.72. The number of hydrogen-bond acceptors (Lipinski definition) is 5. The molecule has 0 aliphatic heterocycles. The van der Waals surface area contributed by atoms with E-state index in [0.717, 1.165) is 16.6 Å². The van der Waals surface area contributed by atoms with Crippen LogP contribution in [0.4, 0.5) is 17.5 Å². The highest BCUT2D eigenvalue weighted by Crippen LogP contribution is 2.18. The standard InChI is InChI=1S/C14H13N5/c1-9-11-4-2-3-5-12(11)18-14(17-9)19-13-7-6-10(15)8-16-13/h2-8H,15H2,1H3,(H,16,17,18,19). The summed E-state index contributed by atoms with van der Waals surface area (Å²) in [7, 11) is 0. The van der Waals surface area contributed by atoms with Gasteiger partial charge < -0.3 is 11.1 Å². The Morgan fingerprint density at radius 3 is 2.68 bits per heavy atom. The Morgan fingerprint density at radius 1 is 1.05 bits per heavy atom. The highest BCUT2D eigenvalue weighted by molar-refractivity contribution is 5.81. The number of aromatic nitrogens is 3. The van der Waals surface area contributed by atoms with Crippen molar-refractivity contribution >= 4 is 28.4 Å². The van der Waals surface area contributed by atoms with E-state index < -0.39 is 0 Å². The zero-order valence-corrected chi connectivity index (χ0v) is 10.5. The first kappa shape index (κ1) is 11.4. The molecule has 0 saturated heterocycles. The van der Waals surface area contributed by atoms with E-state index in [0.29, 0.717) is 17.5 Å². The molecule has 3 N–H and O–H groups in total. The summed E-state index contributed by atoms with van der Waals surface area (Å²) in [6, 6.07) is 11.5. The molecule has 1 aromatic carbocycles. The molecule has 3 rings (SSSR count). The van der Waals surface area contributed by atoms with Gasteiger partial charge in [-0.15, -0.1) is 0 Å². The number of anilines is 3. The molecule has 0 aliphatic carbocycles. The fourth-order valence-electron chi connectivity index (χ4n) is 1.88. The topological polar surface area (TPSA) is 76.7 Å². The van der Waals surface area contributed by atoms with Gasteiger partial charge in [0, 0.05) is 5.39 Å². The first-order valence-electron chi connectivity index (χ1n) is 5.94. The Labute approximate surface area is 110 Å². The molecule has 0 aliphatic rings. The van der Waals surface area contributed by atoms with Gasteiger partial charge in [-0.2, -0.15) is 0 Å². The second-order valence-corrected chi connectivity index (χ2v) is 4.25. The fraction of sp³-hybridized carbons (Fsp3) is 0.0714. The minimum atomic E-state index is 0.536. The minimum absolute atomic E-state index is 0.536. The van der Waals surface area contributed by atoms with Crippen molar-refractivity contribution in [3.05, 3.63) is 48.3 Å². The lowest BCUT2D eigenvalue weighted by Gasteiger charge is -2.07. The van der Waals surface area contributed by atoms with E-state index >= 15 is 0 Å². The van der Waals surface area contributed by atoms with E-state index in [-0.39, 0.29) is 0 Å². The number of fused-ring (bicyclic) bond motifs is 1. The van der Waals surface area contributed by atoms with E-state index in [9.17, 15) is 0 Å². The van der Waals surface area contributed by atoms with E-state index in [1.807, 2.05) is 31.2 Å². The van der Waals surface area contributed by atoms with Crippen LogP contribution in [0.15, 0.2) is 42.6 Å². The number of para-hydroxylation sites is 1. The molecule has 94 valence electrons. The van der Waals surface area contributed by atoms with E-state index in [1.165, 1.54) is 0 Å². The Hall–Kier alpha value is -2.69. The molecule has 0 saturated carbocycles. The highest BCUT2D eigenvalue weighted by Gasteiger charge is 2.04. The van der Waals surface area contributed by atoms with Gasteiger partial charge in [0.1, 0.15) is 5.82 Å². The smallest absolute Gasteiger partial charge is 0.229 e. The lowest BCUT2D eigenvalue weighted by molar-refractivity contribution is 1.14. The van der Waals surface area contributed by atoms with Gasteiger partial charge in [-0.25, -0.2) is 15.0 Å². The van der Waals surface area contributed by atoms with Crippen molar-refractivity contribution in [3.63, 3.8) is 0 Å². The van der Waals surface area contributed by atoms with Gasteiger partial charge in [0.2, 0.25) is 5.95 Å². The maximum absolute atomic E-state index is 5.60. The van der Waals surface area contributed by atoms with Crippen LogP contribution in [0.3, 0.4) is 0 Å². The molecule has 0 fully saturated rings. The van der Waals surface area contributed by atoms with Crippen LogP contribution in [0.25, 0.3) is 10.9 Å². The molecule has 0 amide bonds. The van der Waals surface area contributed by atoms with Crippen LogP contribution in [0.1, 0.15) is 5.69 Å². The second kappa shape index (κ2) is 4.53. The summed E-state index contributed by atoms with van der Waals surface area (Å²) < 4.78 is 0. The predicted octanol–water partition coefficient (Wildman–Crippen LogP) is 2.66. The highest BCUT2D eigenvalue weighted by atomic mass is 15.1. The molecule has 0 bridgehead atoms. The van der Waals surface area contributed by atoms with Crippen molar-refractivity contribution in [2.24, 2.45) is 0 Å². The normalized spacial score (nSPS) is 10.6. The molecule has 2 aromatic heterocycles. The largest absolute Gasteiger partial charge is 0.397 e. The first-order valence-corrected chi connectivity index (χ1v) is 5.94. The van der Waals surface area contributed by atoms with Crippen LogP contribution in [0.5, 0.6) is 0 Å². The molecule has 5 heteroatoms. The van der Waals surface area contributed by atoms with Crippen LogP contribution in [-0.2, 0) is 0 Å². The summed E-state index contributed by atoms with van der Waals surface area (Å²) in [5.41, 5.74) is 8.07. The van der Waals surface area contributed by atoms with Crippen LogP contribution in [0, 0.1) is 6.92 Å². The number of benzene rings is 1. The predicted molar refractivity (Wildman–Crippen MR) is 76.2 cm³/mol. The molecule has 0 radical (unpaired) electrons. The van der Waals surface area contributed by atoms with Crippen LogP contribution < -0.4 is 11.1 Å². The third-order valence-corrected chi connectivity index (χ3v) is 2.82. The lowest BCUT2D eigenvalue weighted by atomic mass is 10.2. The lowest BCUT2D eigenvalue weighted by Crippen LogP contribution is -2.01. The van der Waals surface area contributed by atoms with Crippen molar-refractivity contribution in [1.29, 1.82) is 0 Å². The number of hydrogen-bond donors (Lipinski definition) is 2. The summed E-state index contributed by atoms with van der Waals surface area (Å²) in [5, 5.41) is 4.13. The molecule has 3 aromatic rings. The number of aryl methyl sites for hydroxylation is 1. The van der Waals surface area contributed by atoms with Gasteiger partial charge in [0.15, 0.2) is 0 Å². The Bertz CT molecular complexity index is 721. The molecular weight excluding hydrogens is 238 g/mol. The van der Waals surface area contributed by atoms with Crippen molar-refractivity contribution in [2.75, 3.05) is 11.1 Å². The minimum Gasteiger partial charge on any atom is -0.397 e. The summed E-state index contributed by atoms with van der Waals surface area (Å²) in [6.07, 6.45) is 1.59. The molecule has 0 atom stereocenters. The molecule has 2 heterocycles. The Balaban J connectivity index is 1.99.